The van der Waals surface area contributed by atoms with E-state index in [1.54, 1.807) is 54.6 Å². The van der Waals surface area contributed by atoms with Gasteiger partial charge in [-0.25, -0.2) is 14.2 Å². The van der Waals surface area contributed by atoms with E-state index < -0.39 is 5.97 Å². The van der Waals surface area contributed by atoms with Gasteiger partial charge in [0, 0.05) is 10.6 Å². The summed E-state index contributed by atoms with van der Waals surface area (Å²) in [4.78, 5) is 16.7. The molecule has 0 saturated heterocycles. The van der Waals surface area contributed by atoms with Gasteiger partial charge in [0.1, 0.15) is 12.4 Å². The Morgan fingerprint density at radius 1 is 1.09 bits per heavy atom. The Bertz CT molecular complexity index is 1240. The fourth-order valence-corrected chi connectivity index (χ4v) is 3.52. The largest absolute Gasteiger partial charge is 0.493 e. The maximum atomic E-state index is 13.2. The van der Waals surface area contributed by atoms with Crippen molar-refractivity contribution in [1.82, 2.24) is 0 Å². The highest BCUT2D eigenvalue weighted by atomic mass is 35.5. The summed E-state index contributed by atoms with van der Waals surface area (Å²) < 4.78 is 29.8. The van der Waals surface area contributed by atoms with Crippen LogP contribution in [-0.4, -0.2) is 19.0 Å². The van der Waals surface area contributed by atoms with Gasteiger partial charge in [-0.05, 0) is 48.0 Å². The number of methoxy groups -OCH3 is 1. The Morgan fingerprint density at radius 2 is 1.88 bits per heavy atom. The molecule has 1 aliphatic heterocycles. The summed E-state index contributed by atoms with van der Waals surface area (Å²) in [5.41, 5.74) is 1.86. The molecule has 8 heteroatoms. The van der Waals surface area contributed by atoms with Crippen LogP contribution in [0.4, 0.5) is 4.39 Å². The summed E-state index contributed by atoms with van der Waals surface area (Å²) in [6, 6.07) is 16.0. The van der Waals surface area contributed by atoms with Crippen LogP contribution in [0.25, 0.3) is 6.08 Å². The number of carbonyl (C=O) groups is 1. The maximum Gasteiger partial charge on any atom is 0.363 e. The van der Waals surface area contributed by atoms with E-state index >= 15 is 0 Å². The maximum absolute atomic E-state index is 13.2. The second-order valence-electron chi connectivity index (χ2n) is 6.75. The van der Waals surface area contributed by atoms with E-state index in [9.17, 15) is 9.18 Å². The number of rotatable bonds is 6. The van der Waals surface area contributed by atoms with Crippen molar-refractivity contribution in [3.05, 3.63) is 98.9 Å². The van der Waals surface area contributed by atoms with Crippen molar-refractivity contribution in [3.8, 4) is 11.5 Å². The van der Waals surface area contributed by atoms with Crippen molar-refractivity contribution in [1.29, 1.82) is 0 Å². The van der Waals surface area contributed by atoms with Gasteiger partial charge in [0.05, 0.1) is 17.7 Å². The minimum atomic E-state index is -0.627. The van der Waals surface area contributed by atoms with Crippen molar-refractivity contribution in [2.45, 2.75) is 6.61 Å². The van der Waals surface area contributed by atoms with Crippen molar-refractivity contribution in [3.63, 3.8) is 0 Å². The lowest BCUT2D eigenvalue weighted by molar-refractivity contribution is -0.129. The number of benzene rings is 3. The summed E-state index contributed by atoms with van der Waals surface area (Å²) in [5, 5.41) is 0.772. The molecule has 0 amide bonds. The zero-order chi connectivity index (χ0) is 22.7. The molecular formula is C24H16Cl2FNO4. The van der Waals surface area contributed by atoms with Gasteiger partial charge in [-0.15, -0.1) is 0 Å². The van der Waals surface area contributed by atoms with Crippen LogP contribution >= 0.6 is 23.2 Å². The molecular weight excluding hydrogens is 456 g/mol. The molecule has 1 heterocycles. The first-order valence-electron chi connectivity index (χ1n) is 9.47. The highest BCUT2D eigenvalue weighted by Gasteiger charge is 2.26. The van der Waals surface area contributed by atoms with Gasteiger partial charge >= 0.3 is 5.97 Å². The molecule has 0 radical (unpaired) electrons. The van der Waals surface area contributed by atoms with E-state index in [0.717, 1.165) is 5.56 Å². The van der Waals surface area contributed by atoms with Gasteiger partial charge in [-0.3, -0.25) is 0 Å². The quantitative estimate of drug-likeness (QED) is 0.323. The first-order chi connectivity index (χ1) is 15.4. The van der Waals surface area contributed by atoms with Gasteiger partial charge in [0.2, 0.25) is 5.90 Å². The van der Waals surface area contributed by atoms with E-state index in [4.69, 9.17) is 37.4 Å². The third-order valence-electron chi connectivity index (χ3n) is 4.60. The molecule has 0 N–H and O–H groups in total. The Labute approximate surface area is 193 Å². The summed E-state index contributed by atoms with van der Waals surface area (Å²) in [6.45, 7) is 0.177. The number of nitrogens with zero attached hydrogens (tertiary/aromatic N) is 1. The minimum Gasteiger partial charge on any atom is -0.493 e. The highest BCUT2D eigenvalue weighted by molar-refractivity contribution is 6.37. The van der Waals surface area contributed by atoms with Crippen LogP contribution in [0.5, 0.6) is 11.5 Å². The predicted molar refractivity (Wildman–Crippen MR) is 121 cm³/mol. The second kappa shape index (κ2) is 9.42. The lowest BCUT2D eigenvalue weighted by Gasteiger charge is -2.13. The summed E-state index contributed by atoms with van der Waals surface area (Å²) in [5.74, 6) is 0.00848. The number of hydrogen-bond acceptors (Lipinski definition) is 5. The average molecular weight is 472 g/mol. The van der Waals surface area contributed by atoms with Crippen LogP contribution in [0.1, 0.15) is 16.7 Å². The zero-order valence-corrected chi connectivity index (χ0v) is 18.3. The molecule has 0 aromatic heterocycles. The van der Waals surface area contributed by atoms with Crippen LogP contribution in [0, 0.1) is 5.82 Å². The van der Waals surface area contributed by atoms with Gasteiger partial charge in [-0.2, -0.15) is 0 Å². The first-order valence-corrected chi connectivity index (χ1v) is 10.2. The Balaban J connectivity index is 1.66. The molecule has 0 fully saturated rings. The molecule has 32 heavy (non-hydrogen) atoms. The van der Waals surface area contributed by atoms with E-state index in [2.05, 4.69) is 4.99 Å². The summed E-state index contributed by atoms with van der Waals surface area (Å²) in [7, 11) is 1.51. The number of aliphatic imine (C=N–C) groups is 1. The molecule has 0 spiro atoms. The van der Waals surface area contributed by atoms with Gasteiger partial charge in [-0.1, -0.05) is 47.5 Å². The number of esters is 1. The normalized spacial score (nSPS) is 14.3. The van der Waals surface area contributed by atoms with Crippen molar-refractivity contribution in [2.75, 3.05) is 7.11 Å². The van der Waals surface area contributed by atoms with Crippen LogP contribution in [-0.2, 0) is 16.1 Å². The molecule has 4 rings (SSSR count). The average Bonchev–Trinajstić information content (AvgIpc) is 3.13. The Kier molecular flexibility index (Phi) is 6.44. The molecule has 0 atom stereocenters. The molecule has 0 aliphatic carbocycles. The first kappa shape index (κ1) is 21.9. The number of carbonyl (C=O) groups excluding carboxylic acids is 1. The Hall–Kier alpha value is -3.35. The van der Waals surface area contributed by atoms with Gasteiger partial charge < -0.3 is 14.2 Å². The molecule has 5 nitrogen and oxygen atoms in total. The molecule has 0 bridgehead atoms. The second-order valence-corrected chi connectivity index (χ2v) is 7.60. The van der Waals surface area contributed by atoms with E-state index in [1.807, 2.05) is 0 Å². The monoisotopic (exact) mass is 471 g/mol. The van der Waals surface area contributed by atoms with E-state index in [0.29, 0.717) is 32.7 Å². The fraction of sp³-hybridized carbons (Fsp3) is 0.0833. The minimum absolute atomic E-state index is 0.0749. The highest BCUT2D eigenvalue weighted by Crippen LogP contribution is 2.34. The van der Waals surface area contributed by atoms with Crippen molar-refractivity contribution >= 4 is 41.1 Å². The lowest BCUT2D eigenvalue weighted by atomic mass is 10.1. The molecule has 0 unspecified atom stereocenters. The molecule has 0 saturated carbocycles. The van der Waals surface area contributed by atoms with E-state index in [-0.39, 0.29) is 24.0 Å². The van der Waals surface area contributed by atoms with Crippen molar-refractivity contribution < 1.29 is 23.4 Å². The summed E-state index contributed by atoms with van der Waals surface area (Å²) in [6.07, 6.45) is 1.54. The van der Waals surface area contributed by atoms with Crippen LogP contribution < -0.4 is 9.47 Å². The smallest absolute Gasteiger partial charge is 0.363 e. The third-order valence-corrected chi connectivity index (χ3v) is 5.15. The number of cyclic esters (lactones) is 1. The number of hydrogen-bond donors (Lipinski definition) is 0. The third kappa shape index (κ3) is 4.77. The molecule has 3 aromatic rings. The number of halogens is 3. The molecule has 3 aromatic carbocycles. The number of para-hydroxylation sites is 1. The lowest BCUT2D eigenvalue weighted by Crippen LogP contribution is -2.06. The van der Waals surface area contributed by atoms with Gasteiger partial charge in [0.25, 0.3) is 0 Å². The standard InChI is InChI=1S/C24H16Cl2FNO4/c1-30-21-4-2-3-15(22(21)31-13-14-5-8-17(27)9-6-14)11-20-24(29)32-23(28-20)18-10-7-16(25)12-19(18)26/h2-12H,13H2,1H3/b20-11-. The van der Waals surface area contributed by atoms with Crippen LogP contribution in [0.2, 0.25) is 10.0 Å². The molecule has 162 valence electrons. The number of ether oxygens (including phenoxy) is 3. The van der Waals surface area contributed by atoms with E-state index in [1.165, 1.54) is 19.2 Å². The van der Waals surface area contributed by atoms with Crippen LogP contribution in [0.15, 0.2) is 71.4 Å². The summed E-state index contributed by atoms with van der Waals surface area (Å²) >= 11 is 12.1. The Morgan fingerprint density at radius 3 is 2.59 bits per heavy atom. The SMILES string of the molecule is COc1cccc(/C=C2\N=C(c3ccc(Cl)cc3Cl)OC2=O)c1OCc1ccc(F)cc1. The topological polar surface area (TPSA) is 57.1 Å². The molecule has 1 aliphatic rings. The van der Waals surface area contributed by atoms with Crippen molar-refractivity contribution in [2.24, 2.45) is 4.99 Å². The fourth-order valence-electron chi connectivity index (χ4n) is 3.03. The predicted octanol–water partition coefficient (Wildman–Crippen LogP) is 6.06. The van der Waals surface area contributed by atoms with Crippen LogP contribution in [0.3, 0.4) is 0 Å². The van der Waals surface area contributed by atoms with Gasteiger partial charge in [0.15, 0.2) is 17.2 Å². The zero-order valence-electron chi connectivity index (χ0n) is 16.8.